The monoisotopic (exact) mass is 378 g/mol. The number of rotatable bonds is 6. The number of benzene rings is 1. The Labute approximate surface area is 165 Å². The van der Waals surface area contributed by atoms with Crippen molar-refractivity contribution < 1.29 is 9.53 Å². The maximum absolute atomic E-state index is 12.8. The minimum Gasteiger partial charge on any atom is -0.494 e. The molecule has 1 atom stereocenters. The number of carbonyl (C=O) groups is 1. The van der Waals surface area contributed by atoms with E-state index in [1.807, 2.05) is 48.2 Å². The fraction of sp³-hybridized carbons (Fsp3) is 0.409. The number of hydrogen-bond acceptors (Lipinski definition) is 4. The Balaban J connectivity index is 1.44. The van der Waals surface area contributed by atoms with E-state index in [0.29, 0.717) is 13.0 Å². The van der Waals surface area contributed by atoms with Crippen molar-refractivity contribution >= 4 is 17.1 Å². The minimum atomic E-state index is 0.170. The molecular formula is C22H26N4O2. The first kappa shape index (κ1) is 18.5. The van der Waals surface area contributed by atoms with Gasteiger partial charge in [-0.05, 0) is 50.1 Å². The van der Waals surface area contributed by atoms with Crippen LogP contribution in [0.4, 0.5) is 0 Å². The number of fused-ring (bicyclic) bond motifs is 1. The van der Waals surface area contributed by atoms with Crippen LogP contribution < -0.4 is 4.74 Å². The van der Waals surface area contributed by atoms with E-state index < -0.39 is 0 Å². The highest BCUT2D eigenvalue weighted by Crippen LogP contribution is 2.29. The van der Waals surface area contributed by atoms with Gasteiger partial charge in [0.05, 0.1) is 13.0 Å². The smallest absolute Gasteiger partial charge is 0.227 e. The number of pyridine rings is 1. The van der Waals surface area contributed by atoms with Crippen LogP contribution >= 0.6 is 0 Å². The van der Waals surface area contributed by atoms with Gasteiger partial charge in [0, 0.05) is 31.7 Å². The molecule has 0 N–H and O–H groups in total. The summed E-state index contributed by atoms with van der Waals surface area (Å²) in [4.78, 5) is 24.1. The molecule has 1 amide bonds. The average molecular weight is 378 g/mol. The summed E-state index contributed by atoms with van der Waals surface area (Å²) >= 11 is 0. The van der Waals surface area contributed by atoms with Crippen LogP contribution in [0.5, 0.6) is 5.75 Å². The number of hydrogen-bond donors (Lipinski definition) is 0. The van der Waals surface area contributed by atoms with Gasteiger partial charge in [0.15, 0.2) is 5.65 Å². The van der Waals surface area contributed by atoms with Gasteiger partial charge in [-0.3, -0.25) is 4.79 Å². The summed E-state index contributed by atoms with van der Waals surface area (Å²) in [5.41, 5.74) is 2.87. The number of likely N-dealkylation sites (tertiary alicyclic amines) is 1. The summed E-state index contributed by atoms with van der Waals surface area (Å²) in [6.45, 7) is 7.05. The second kappa shape index (κ2) is 8.00. The van der Waals surface area contributed by atoms with Gasteiger partial charge in [-0.25, -0.2) is 9.97 Å². The van der Waals surface area contributed by atoms with Crippen LogP contribution in [0.15, 0.2) is 42.6 Å². The zero-order valence-corrected chi connectivity index (χ0v) is 16.5. The van der Waals surface area contributed by atoms with E-state index in [1.54, 1.807) is 6.20 Å². The molecule has 1 fully saturated rings. The molecule has 3 heterocycles. The van der Waals surface area contributed by atoms with Crippen molar-refractivity contribution in [1.29, 1.82) is 0 Å². The van der Waals surface area contributed by atoms with Crippen LogP contribution in [0.2, 0.25) is 0 Å². The third-order valence-corrected chi connectivity index (χ3v) is 5.35. The number of aromatic nitrogens is 3. The molecule has 28 heavy (non-hydrogen) atoms. The number of imidazole rings is 1. The molecule has 0 radical (unpaired) electrons. The Morgan fingerprint density at radius 1 is 1.21 bits per heavy atom. The van der Waals surface area contributed by atoms with E-state index in [0.717, 1.165) is 54.4 Å². The average Bonchev–Trinajstić information content (AvgIpc) is 3.34. The lowest BCUT2D eigenvalue weighted by atomic mass is 10.1. The van der Waals surface area contributed by atoms with E-state index in [1.165, 1.54) is 0 Å². The molecule has 1 aliphatic heterocycles. The van der Waals surface area contributed by atoms with Crippen molar-refractivity contribution in [1.82, 2.24) is 19.4 Å². The van der Waals surface area contributed by atoms with Crippen LogP contribution in [0.25, 0.3) is 11.2 Å². The molecule has 6 heteroatoms. The molecule has 1 aromatic carbocycles. The molecule has 3 aromatic rings. The minimum absolute atomic E-state index is 0.170. The molecule has 1 saturated heterocycles. The highest BCUT2D eigenvalue weighted by atomic mass is 16.5. The van der Waals surface area contributed by atoms with Crippen molar-refractivity contribution in [3.63, 3.8) is 0 Å². The van der Waals surface area contributed by atoms with E-state index in [2.05, 4.69) is 16.5 Å². The van der Waals surface area contributed by atoms with E-state index >= 15 is 0 Å². The lowest BCUT2D eigenvalue weighted by Gasteiger charge is -2.17. The third-order valence-electron chi connectivity index (χ3n) is 5.35. The molecule has 4 rings (SSSR count). The van der Waals surface area contributed by atoms with Crippen molar-refractivity contribution in [3.8, 4) is 5.75 Å². The van der Waals surface area contributed by atoms with Crippen LogP contribution in [0.3, 0.4) is 0 Å². The summed E-state index contributed by atoms with van der Waals surface area (Å²) < 4.78 is 7.65. The van der Waals surface area contributed by atoms with Gasteiger partial charge in [-0.2, -0.15) is 0 Å². The Morgan fingerprint density at radius 2 is 2.04 bits per heavy atom. The van der Waals surface area contributed by atoms with Gasteiger partial charge in [0.25, 0.3) is 0 Å². The number of nitrogens with zero attached hydrogens (tertiary/aromatic N) is 4. The van der Waals surface area contributed by atoms with E-state index in [9.17, 15) is 4.79 Å². The maximum Gasteiger partial charge on any atom is 0.227 e. The first-order valence-electron chi connectivity index (χ1n) is 10.00. The standard InChI is InChI=1S/C22H26N4O2/c1-3-26-21(24-19-6-5-12-23-22(19)26)17-11-13-25(15-17)20(27)14-16-7-9-18(10-8-16)28-4-2/h5-10,12,17H,3-4,11,13-15H2,1-2H3. The molecule has 2 aromatic heterocycles. The van der Waals surface area contributed by atoms with Crippen molar-refractivity contribution in [2.24, 2.45) is 0 Å². The van der Waals surface area contributed by atoms with Crippen molar-refractivity contribution in [3.05, 3.63) is 54.0 Å². The van der Waals surface area contributed by atoms with Gasteiger partial charge < -0.3 is 14.2 Å². The fourth-order valence-electron chi connectivity index (χ4n) is 3.95. The summed E-state index contributed by atoms with van der Waals surface area (Å²) in [6.07, 6.45) is 3.17. The topological polar surface area (TPSA) is 60.2 Å². The van der Waals surface area contributed by atoms with Gasteiger partial charge in [-0.15, -0.1) is 0 Å². The van der Waals surface area contributed by atoms with Crippen molar-refractivity contribution in [2.75, 3.05) is 19.7 Å². The SMILES string of the molecule is CCOc1ccc(CC(=O)N2CCC(c3nc4cccnc4n3CC)C2)cc1. The van der Waals surface area contributed by atoms with Crippen LogP contribution in [-0.2, 0) is 17.8 Å². The number of amides is 1. The number of aryl methyl sites for hydroxylation is 1. The van der Waals surface area contributed by atoms with Crippen LogP contribution in [0.1, 0.15) is 37.6 Å². The molecule has 1 aliphatic rings. The normalized spacial score (nSPS) is 16.6. The fourth-order valence-corrected chi connectivity index (χ4v) is 3.95. The maximum atomic E-state index is 12.8. The lowest BCUT2D eigenvalue weighted by molar-refractivity contribution is -0.129. The summed E-state index contributed by atoms with van der Waals surface area (Å²) in [6, 6.07) is 11.7. The van der Waals surface area contributed by atoms with Gasteiger partial charge >= 0.3 is 0 Å². The first-order valence-corrected chi connectivity index (χ1v) is 10.00. The molecule has 0 spiro atoms. The van der Waals surface area contributed by atoms with Crippen molar-refractivity contribution in [2.45, 2.75) is 39.2 Å². The second-order valence-corrected chi connectivity index (χ2v) is 7.14. The number of ether oxygens (including phenoxy) is 1. The van der Waals surface area contributed by atoms with E-state index in [-0.39, 0.29) is 11.8 Å². The van der Waals surface area contributed by atoms with Gasteiger partial charge in [0.1, 0.15) is 17.1 Å². The van der Waals surface area contributed by atoms with E-state index in [4.69, 9.17) is 9.72 Å². The zero-order valence-electron chi connectivity index (χ0n) is 16.5. The molecular weight excluding hydrogens is 352 g/mol. The molecule has 146 valence electrons. The third kappa shape index (κ3) is 3.59. The molecule has 0 bridgehead atoms. The highest BCUT2D eigenvalue weighted by molar-refractivity contribution is 5.79. The largest absolute Gasteiger partial charge is 0.494 e. The predicted molar refractivity (Wildman–Crippen MR) is 108 cm³/mol. The van der Waals surface area contributed by atoms with Crippen LogP contribution in [-0.4, -0.2) is 45.0 Å². The summed E-state index contributed by atoms with van der Waals surface area (Å²) in [5, 5.41) is 0. The molecule has 0 saturated carbocycles. The summed E-state index contributed by atoms with van der Waals surface area (Å²) in [7, 11) is 0. The zero-order chi connectivity index (χ0) is 19.5. The predicted octanol–water partition coefficient (Wildman–Crippen LogP) is 3.41. The van der Waals surface area contributed by atoms with Crippen LogP contribution in [0, 0.1) is 0 Å². The Morgan fingerprint density at radius 3 is 2.79 bits per heavy atom. The molecule has 0 aliphatic carbocycles. The van der Waals surface area contributed by atoms with Gasteiger partial charge in [0.2, 0.25) is 5.91 Å². The quantitative estimate of drug-likeness (QED) is 0.660. The second-order valence-electron chi connectivity index (χ2n) is 7.14. The summed E-state index contributed by atoms with van der Waals surface area (Å²) in [5.74, 6) is 2.32. The Hall–Kier alpha value is -2.89. The Kier molecular flexibility index (Phi) is 5.28. The lowest BCUT2D eigenvalue weighted by Crippen LogP contribution is -2.30. The van der Waals surface area contributed by atoms with Gasteiger partial charge in [-0.1, -0.05) is 12.1 Å². The highest BCUT2D eigenvalue weighted by Gasteiger charge is 2.30. The number of carbonyl (C=O) groups excluding carboxylic acids is 1. The molecule has 1 unspecified atom stereocenters. The molecule has 6 nitrogen and oxygen atoms in total. The first-order chi connectivity index (χ1) is 13.7. The Bertz CT molecular complexity index is 964.